The van der Waals surface area contributed by atoms with Gasteiger partial charge >= 0.3 is 0 Å². The summed E-state index contributed by atoms with van der Waals surface area (Å²) in [7, 11) is 1.66. The number of rotatable bonds is 9. The molecule has 0 bridgehead atoms. The number of hydrogen-bond acceptors (Lipinski definition) is 5. The van der Waals surface area contributed by atoms with Crippen molar-refractivity contribution in [2.24, 2.45) is 0 Å². The first-order valence-electron chi connectivity index (χ1n) is 7.49. The van der Waals surface area contributed by atoms with E-state index in [-0.39, 0.29) is 6.10 Å². The number of methoxy groups -OCH3 is 1. The lowest BCUT2D eigenvalue weighted by atomic mass is 9.80. The Bertz CT molecular complexity index is 304. The fourth-order valence-corrected chi connectivity index (χ4v) is 2.70. The number of ether oxygens (including phenoxy) is 3. The monoisotopic (exact) mass is 284 g/mol. The quantitative estimate of drug-likeness (QED) is 0.655. The van der Waals surface area contributed by atoms with E-state index < -0.39 is 5.54 Å². The SMILES string of the molecule is COCCOCCOC1CCCC(C#N)(NC(C)C)C1. The van der Waals surface area contributed by atoms with Gasteiger partial charge in [0.2, 0.25) is 0 Å². The Morgan fingerprint density at radius 2 is 2.05 bits per heavy atom. The van der Waals surface area contributed by atoms with E-state index in [1.165, 1.54) is 0 Å². The predicted molar refractivity (Wildman–Crippen MR) is 77.5 cm³/mol. The Labute approximate surface area is 122 Å². The Balaban J connectivity index is 2.28. The fraction of sp³-hybridized carbons (Fsp3) is 0.933. The molecule has 0 aromatic heterocycles. The highest BCUT2D eigenvalue weighted by molar-refractivity contribution is 5.10. The molecule has 0 aromatic carbocycles. The lowest BCUT2D eigenvalue weighted by Gasteiger charge is -2.37. The summed E-state index contributed by atoms with van der Waals surface area (Å²) in [5.74, 6) is 0. The zero-order valence-electron chi connectivity index (χ0n) is 13.0. The third kappa shape index (κ3) is 6.19. The smallest absolute Gasteiger partial charge is 0.109 e. The second-order valence-electron chi connectivity index (χ2n) is 5.69. The molecule has 0 radical (unpaired) electrons. The molecule has 5 heteroatoms. The van der Waals surface area contributed by atoms with E-state index in [0.717, 1.165) is 25.7 Å². The molecule has 2 atom stereocenters. The van der Waals surface area contributed by atoms with E-state index in [1.54, 1.807) is 7.11 Å². The minimum absolute atomic E-state index is 0.153. The van der Waals surface area contributed by atoms with Crippen molar-refractivity contribution in [2.75, 3.05) is 33.5 Å². The Hall–Kier alpha value is -0.670. The third-order valence-electron chi connectivity index (χ3n) is 3.50. The van der Waals surface area contributed by atoms with Crippen LogP contribution in [0.4, 0.5) is 0 Å². The van der Waals surface area contributed by atoms with Crippen molar-refractivity contribution in [3.63, 3.8) is 0 Å². The molecule has 0 heterocycles. The van der Waals surface area contributed by atoms with Crippen molar-refractivity contribution >= 4 is 0 Å². The summed E-state index contributed by atoms with van der Waals surface area (Å²) in [5.41, 5.74) is -0.423. The molecule has 1 aliphatic rings. The predicted octanol–water partition coefficient (Wildman–Crippen LogP) is 1.87. The highest BCUT2D eigenvalue weighted by Crippen LogP contribution is 2.30. The van der Waals surface area contributed by atoms with Gasteiger partial charge in [0, 0.05) is 19.6 Å². The number of hydrogen-bond donors (Lipinski definition) is 1. The summed E-state index contributed by atoms with van der Waals surface area (Å²) >= 11 is 0. The molecule has 5 nitrogen and oxygen atoms in total. The first kappa shape index (κ1) is 17.4. The van der Waals surface area contributed by atoms with Crippen LogP contribution in [0, 0.1) is 11.3 Å². The van der Waals surface area contributed by atoms with E-state index in [0.29, 0.717) is 32.5 Å². The van der Waals surface area contributed by atoms with Gasteiger partial charge in [0.05, 0.1) is 38.6 Å². The Morgan fingerprint density at radius 3 is 2.70 bits per heavy atom. The van der Waals surface area contributed by atoms with Gasteiger partial charge in [-0.1, -0.05) is 0 Å². The van der Waals surface area contributed by atoms with E-state index in [2.05, 4.69) is 25.2 Å². The van der Waals surface area contributed by atoms with Gasteiger partial charge in [-0.25, -0.2) is 0 Å². The van der Waals surface area contributed by atoms with Crippen LogP contribution in [-0.2, 0) is 14.2 Å². The number of nitriles is 1. The third-order valence-corrected chi connectivity index (χ3v) is 3.50. The topological polar surface area (TPSA) is 63.5 Å². The molecule has 1 saturated carbocycles. The van der Waals surface area contributed by atoms with E-state index in [9.17, 15) is 5.26 Å². The van der Waals surface area contributed by atoms with Crippen LogP contribution in [0.15, 0.2) is 0 Å². The molecule has 116 valence electrons. The lowest BCUT2D eigenvalue weighted by molar-refractivity contribution is -0.0290. The van der Waals surface area contributed by atoms with Crippen molar-refractivity contribution in [1.29, 1.82) is 5.26 Å². The second-order valence-corrected chi connectivity index (χ2v) is 5.69. The maximum atomic E-state index is 9.47. The summed E-state index contributed by atoms with van der Waals surface area (Å²) in [6.45, 7) is 6.52. The summed E-state index contributed by atoms with van der Waals surface area (Å²) in [4.78, 5) is 0. The van der Waals surface area contributed by atoms with E-state index in [4.69, 9.17) is 14.2 Å². The van der Waals surface area contributed by atoms with Crippen molar-refractivity contribution < 1.29 is 14.2 Å². The van der Waals surface area contributed by atoms with Crippen LogP contribution < -0.4 is 5.32 Å². The molecule has 0 aromatic rings. The summed E-state index contributed by atoms with van der Waals surface area (Å²) in [6.07, 6.45) is 3.88. The largest absolute Gasteiger partial charge is 0.382 e. The molecule has 0 amide bonds. The standard InChI is InChI=1S/C15H28N2O3/c1-13(2)17-15(12-16)6-4-5-14(11-15)20-10-9-19-8-7-18-3/h13-14,17H,4-11H2,1-3H3. The van der Waals surface area contributed by atoms with Gasteiger partial charge in [-0.2, -0.15) is 5.26 Å². The molecule has 1 rings (SSSR count). The average molecular weight is 284 g/mol. The Kier molecular flexibility index (Phi) is 8.08. The maximum absolute atomic E-state index is 9.47. The maximum Gasteiger partial charge on any atom is 0.109 e. The molecular formula is C15H28N2O3. The van der Waals surface area contributed by atoms with Crippen LogP contribution >= 0.6 is 0 Å². The second kappa shape index (κ2) is 9.30. The van der Waals surface area contributed by atoms with Crippen molar-refractivity contribution in [3.8, 4) is 6.07 Å². The molecule has 0 aliphatic heterocycles. The lowest BCUT2D eigenvalue weighted by Crippen LogP contribution is -2.52. The minimum Gasteiger partial charge on any atom is -0.382 e. The van der Waals surface area contributed by atoms with Gasteiger partial charge in [0.25, 0.3) is 0 Å². The molecular weight excluding hydrogens is 256 g/mol. The normalized spacial score (nSPS) is 26.6. The van der Waals surface area contributed by atoms with Crippen LogP contribution in [0.1, 0.15) is 39.5 Å². The highest BCUT2D eigenvalue weighted by atomic mass is 16.5. The van der Waals surface area contributed by atoms with Crippen LogP contribution in [0.3, 0.4) is 0 Å². The molecule has 1 N–H and O–H groups in total. The summed E-state index contributed by atoms with van der Waals surface area (Å²) in [5, 5.41) is 12.9. The van der Waals surface area contributed by atoms with Crippen molar-refractivity contribution in [1.82, 2.24) is 5.32 Å². The van der Waals surface area contributed by atoms with Gasteiger partial charge in [-0.05, 0) is 33.1 Å². The van der Waals surface area contributed by atoms with Gasteiger partial charge < -0.3 is 14.2 Å². The first-order chi connectivity index (χ1) is 9.62. The zero-order chi connectivity index (χ0) is 14.8. The number of nitrogens with one attached hydrogen (secondary N) is 1. The van der Waals surface area contributed by atoms with E-state index >= 15 is 0 Å². The summed E-state index contributed by atoms with van der Waals surface area (Å²) < 4.78 is 16.1. The molecule has 20 heavy (non-hydrogen) atoms. The van der Waals surface area contributed by atoms with Crippen molar-refractivity contribution in [2.45, 2.75) is 57.2 Å². The van der Waals surface area contributed by atoms with Crippen LogP contribution in [0.2, 0.25) is 0 Å². The molecule has 1 fully saturated rings. The highest BCUT2D eigenvalue weighted by Gasteiger charge is 2.37. The van der Waals surface area contributed by atoms with Crippen LogP contribution in [-0.4, -0.2) is 51.2 Å². The summed E-state index contributed by atoms with van der Waals surface area (Å²) in [6, 6.07) is 2.77. The van der Waals surface area contributed by atoms with Crippen LogP contribution in [0.5, 0.6) is 0 Å². The van der Waals surface area contributed by atoms with Gasteiger partial charge in [0.1, 0.15) is 5.54 Å². The fourth-order valence-electron chi connectivity index (χ4n) is 2.70. The van der Waals surface area contributed by atoms with Gasteiger partial charge in [0.15, 0.2) is 0 Å². The Morgan fingerprint density at radius 1 is 1.30 bits per heavy atom. The minimum atomic E-state index is -0.423. The molecule has 2 unspecified atom stereocenters. The molecule has 0 spiro atoms. The molecule has 1 aliphatic carbocycles. The zero-order valence-corrected chi connectivity index (χ0v) is 13.0. The number of nitrogens with zero attached hydrogens (tertiary/aromatic N) is 1. The van der Waals surface area contributed by atoms with Crippen LogP contribution in [0.25, 0.3) is 0 Å². The van der Waals surface area contributed by atoms with E-state index in [1.807, 2.05) is 0 Å². The van der Waals surface area contributed by atoms with Gasteiger partial charge in [-0.15, -0.1) is 0 Å². The molecule has 0 saturated heterocycles. The van der Waals surface area contributed by atoms with Gasteiger partial charge in [-0.3, -0.25) is 5.32 Å². The van der Waals surface area contributed by atoms with Crippen molar-refractivity contribution in [3.05, 3.63) is 0 Å². The first-order valence-corrected chi connectivity index (χ1v) is 7.49. The average Bonchev–Trinajstić information content (AvgIpc) is 2.42.